The Bertz CT molecular complexity index is 546. The van der Waals surface area contributed by atoms with Gasteiger partial charge in [-0.05, 0) is 38.5 Å². The summed E-state index contributed by atoms with van der Waals surface area (Å²) >= 11 is 1.41. The van der Waals surface area contributed by atoms with Gasteiger partial charge in [-0.15, -0.1) is 0 Å². The first-order valence-electron chi connectivity index (χ1n) is 7.71. The van der Waals surface area contributed by atoms with E-state index in [0.29, 0.717) is 17.2 Å². The quantitative estimate of drug-likeness (QED) is 0.820. The van der Waals surface area contributed by atoms with Crippen molar-refractivity contribution in [3.63, 3.8) is 0 Å². The van der Waals surface area contributed by atoms with Gasteiger partial charge in [-0.1, -0.05) is 23.0 Å². The molecule has 2 aliphatic rings. The molecule has 3 rings (SSSR count). The molecule has 0 atom stereocenters. The van der Waals surface area contributed by atoms with Gasteiger partial charge in [0.1, 0.15) is 10.7 Å². The number of nitrogens with two attached hydrogens (primary N) is 1. The fraction of sp³-hybridized carbons (Fsp3) is 0.600. The molecular formula is C15H22N4OS. The lowest BCUT2D eigenvalue weighted by Gasteiger charge is -2.11. The lowest BCUT2D eigenvalue weighted by atomic mass is 10.2. The summed E-state index contributed by atoms with van der Waals surface area (Å²) in [7, 11) is 0. The molecule has 1 aromatic rings. The van der Waals surface area contributed by atoms with Crippen LogP contribution < -0.4 is 16.0 Å². The zero-order valence-corrected chi connectivity index (χ0v) is 13.0. The fourth-order valence-corrected chi connectivity index (χ4v) is 3.86. The number of carbonyl (C=O) groups is 1. The Hall–Kier alpha value is -1.56. The molecule has 1 fully saturated rings. The van der Waals surface area contributed by atoms with E-state index >= 15 is 0 Å². The number of hydrogen-bond acceptors (Lipinski definition) is 5. The van der Waals surface area contributed by atoms with E-state index in [1.807, 2.05) is 0 Å². The Morgan fingerprint density at radius 3 is 2.90 bits per heavy atom. The number of allylic oxidation sites excluding steroid dienone is 1. The largest absolute Gasteiger partial charge is 0.382 e. The van der Waals surface area contributed by atoms with Crippen LogP contribution in [-0.4, -0.2) is 30.5 Å². The molecule has 1 aliphatic heterocycles. The van der Waals surface area contributed by atoms with Crippen LogP contribution in [0.1, 0.15) is 48.2 Å². The SMILES string of the molecule is Nc1nc(N2CCCC2)sc1C(=O)NCCC1=CCCC1. The molecule has 114 valence electrons. The zero-order valence-electron chi connectivity index (χ0n) is 12.2. The van der Waals surface area contributed by atoms with Gasteiger partial charge in [0.05, 0.1) is 0 Å². The summed E-state index contributed by atoms with van der Waals surface area (Å²) in [6.45, 7) is 2.71. The smallest absolute Gasteiger partial charge is 0.265 e. The van der Waals surface area contributed by atoms with Crippen molar-refractivity contribution in [2.75, 3.05) is 30.3 Å². The molecule has 0 spiro atoms. The molecule has 0 unspecified atom stereocenters. The number of anilines is 2. The lowest BCUT2D eigenvalue weighted by molar-refractivity contribution is 0.0959. The maximum absolute atomic E-state index is 12.2. The monoisotopic (exact) mass is 306 g/mol. The average Bonchev–Trinajstić information content (AvgIpc) is 3.19. The third-order valence-corrected chi connectivity index (χ3v) is 5.22. The van der Waals surface area contributed by atoms with Gasteiger partial charge in [-0.25, -0.2) is 4.98 Å². The number of thiazole rings is 1. The summed E-state index contributed by atoms with van der Waals surface area (Å²) in [6.07, 6.45) is 9.24. The molecule has 0 aromatic carbocycles. The number of nitrogens with one attached hydrogen (secondary N) is 1. The molecule has 21 heavy (non-hydrogen) atoms. The summed E-state index contributed by atoms with van der Waals surface area (Å²) in [6, 6.07) is 0. The summed E-state index contributed by atoms with van der Waals surface area (Å²) in [4.78, 5) is 19.3. The first-order valence-corrected chi connectivity index (χ1v) is 8.53. The van der Waals surface area contributed by atoms with E-state index < -0.39 is 0 Å². The van der Waals surface area contributed by atoms with E-state index in [0.717, 1.165) is 24.6 Å². The van der Waals surface area contributed by atoms with Crippen LogP contribution in [0.4, 0.5) is 10.9 Å². The molecule has 1 aliphatic carbocycles. The molecule has 1 amide bonds. The molecule has 1 aromatic heterocycles. The average molecular weight is 306 g/mol. The molecule has 1 saturated heterocycles. The van der Waals surface area contributed by atoms with Crippen LogP contribution in [0.15, 0.2) is 11.6 Å². The van der Waals surface area contributed by atoms with Crippen molar-refractivity contribution in [3.05, 3.63) is 16.5 Å². The highest BCUT2D eigenvalue weighted by Gasteiger charge is 2.21. The van der Waals surface area contributed by atoms with Gasteiger partial charge < -0.3 is 16.0 Å². The van der Waals surface area contributed by atoms with Gasteiger partial charge in [0.25, 0.3) is 5.91 Å². The Balaban J connectivity index is 1.56. The second-order valence-electron chi connectivity index (χ2n) is 5.67. The Kier molecular flexibility index (Phi) is 4.43. The van der Waals surface area contributed by atoms with E-state index in [2.05, 4.69) is 21.3 Å². The number of nitrogens with zero attached hydrogens (tertiary/aromatic N) is 2. The predicted molar refractivity (Wildman–Crippen MR) is 86.9 cm³/mol. The van der Waals surface area contributed by atoms with Crippen LogP contribution in [0, 0.1) is 0 Å². The molecule has 0 bridgehead atoms. The molecule has 0 saturated carbocycles. The van der Waals surface area contributed by atoms with E-state index in [-0.39, 0.29) is 5.91 Å². The Morgan fingerprint density at radius 1 is 1.38 bits per heavy atom. The van der Waals surface area contributed by atoms with Crippen molar-refractivity contribution < 1.29 is 4.79 Å². The van der Waals surface area contributed by atoms with Crippen molar-refractivity contribution in [3.8, 4) is 0 Å². The second kappa shape index (κ2) is 6.47. The van der Waals surface area contributed by atoms with Crippen molar-refractivity contribution in [2.45, 2.75) is 38.5 Å². The predicted octanol–water partition coefficient (Wildman–Crippen LogP) is 2.56. The highest BCUT2D eigenvalue weighted by Crippen LogP contribution is 2.30. The first-order chi connectivity index (χ1) is 10.2. The standard InChI is InChI=1S/C15H22N4OS/c16-13-12(21-15(18-13)19-9-3-4-10-19)14(20)17-8-7-11-5-1-2-6-11/h5H,1-4,6-10,16H2,(H,17,20). The number of carbonyl (C=O) groups excluding carboxylic acids is 1. The van der Waals surface area contributed by atoms with Crippen LogP contribution in [0.2, 0.25) is 0 Å². The third-order valence-electron chi connectivity index (χ3n) is 4.09. The molecule has 6 heteroatoms. The van der Waals surface area contributed by atoms with Crippen molar-refractivity contribution >= 4 is 28.2 Å². The van der Waals surface area contributed by atoms with Gasteiger partial charge in [0.15, 0.2) is 5.13 Å². The van der Waals surface area contributed by atoms with Gasteiger partial charge >= 0.3 is 0 Å². The van der Waals surface area contributed by atoms with Gasteiger partial charge in [0, 0.05) is 19.6 Å². The van der Waals surface area contributed by atoms with Crippen LogP contribution >= 0.6 is 11.3 Å². The lowest BCUT2D eigenvalue weighted by Crippen LogP contribution is -2.24. The van der Waals surface area contributed by atoms with E-state index in [1.165, 1.54) is 49.0 Å². The van der Waals surface area contributed by atoms with Crippen LogP contribution in [-0.2, 0) is 0 Å². The topological polar surface area (TPSA) is 71.2 Å². The number of nitrogen functional groups attached to an aromatic ring is 1. The first kappa shape index (κ1) is 14.4. The van der Waals surface area contributed by atoms with Crippen LogP contribution in [0.3, 0.4) is 0 Å². The summed E-state index contributed by atoms with van der Waals surface area (Å²) in [5.41, 5.74) is 7.37. The van der Waals surface area contributed by atoms with Crippen molar-refractivity contribution in [2.24, 2.45) is 0 Å². The summed E-state index contributed by atoms with van der Waals surface area (Å²) < 4.78 is 0. The minimum Gasteiger partial charge on any atom is -0.382 e. The number of rotatable bonds is 5. The minimum absolute atomic E-state index is 0.0888. The number of aromatic nitrogens is 1. The van der Waals surface area contributed by atoms with E-state index in [1.54, 1.807) is 0 Å². The highest BCUT2D eigenvalue weighted by molar-refractivity contribution is 7.18. The maximum atomic E-state index is 12.2. The molecule has 5 nitrogen and oxygen atoms in total. The molecule has 0 radical (unpaired) electrons. The molecule has 2 heterocycles. The summed E-state index contributed by atoms with van der Waals surface area (Å²) in [5.74, 6) is 0.272. The second-order valence-corrected chi connectivity index (χ2v) is 6.64. The maximum Gasteiger partial charge on any atom is 0.265 e. The number of hydrogen-bond donors (Lipinski definition) is 2. The fourth-order valence-electron chi connectivity index (χ4n) is 2.91. The third kappa shape index (κ3) is 3.37. The van der Waals surface area contributed by atoms with Gasteiger partial charge in [0.2, 0.25) is 0 Å². The molecule has 3 N–H and O–H groups in total. The van der Waals surface area contributed by atoms with Crippen molar-refractivity contribution in [1.82, 2.24) is 10.3 Å². The van der Waals surface area contributed by atoms with E-state index in [9.17, 15) is 4.79 Å². The van der Waals surface area contributed by atoms with Gasteiger partial charge in [-0.3, -0.25) is 4.79 Å². The van der Waals surface area contributed by atoms with E-state index in [4.69, 9.17) is 5.73 Å². The van der Waals surface area contributed by atoms with Crippen LogP contribution in [0.25, 0.3) is 0 Å². The van der Waals surface area contributed by atoms with Gasteiger partial charge in [-0.2, -0.15) is 0 Å². The minimum atomic E-state index is -0.0888. The normalized spacial score (nSPS) is 18.1. The highest BCUT2D eigenvalue weighted by atomic mass is 32.1. The molecular weight excluding hydrogens is 284 g/mol. The van der Waals surface area contributed by atoms with Crippen molar-refractivity contribution in [1.29, 1.82) is 0 Å². The Morgan fingerprint density at radius 2 is 2.19 bits per heavy atom. The van der Waals surface area contributed by atoms with Crippen LogP contribution in [0.5, 0.6) is 0 Å². The summed E-state index contributed by atoms with van der Waals surface area (Å²) in [5, 5.41) is 3.85. The number of amides is 1. The Labute approximate surface area is 129 Å². The zero-order chi connectivity index (χ0) is 14.7.